The van der Waals surface area contributed by atoms with Crippen molar-refractivity contribution in [2.45, 2.75) is 24.8 Å². The first-order valence-corrected chi connectivity index (χ1v) is 9.85. The van der Waals surface area contributed by atoms with E-state index in [9.17, 15) is 4.79 Å². The van der Waals surface area contributed by atoms with Gasteiger partial charge in [0.2, 0.25) is 5.65 Å². The Morgan fingerprint density at radius 3 is 2.75 bits per heavy atom. The van der Waals surface area contributed by atoms with Gasteiger partial charge in [0.25, 0.3) is 0 Å². The zero-order chi connectivity index (χ0) is 19.7. The van der Waals surface area contributed by atoms with E-state index >= 15 is 0 Å². The van der Waals surface area contributed by atoms with Crippen LogP contribution in [0.5, 0.6) is 5.75 Å². The number of hydrogen-bond donors (Lipinski definition) is 0. The zero-order valence-corrected chi connectivity index (χ0v) is 16.7. The largest absolute Gasteiger partial charge is 0.497 e. The molecule has 4 aromatic rings. The SMILES string of the molecule is COc1cccc(-n2ccn3c(SCc4cc(C)ccc4C)nnc3c2=O)c1. The number of thioether (sulfide) groups is 1. The van der Waals surface area contributed by atoms with Crippen molar-refractivity contribution in [3.05, 3.63) is 81.9 Å². The maximum absolute atomic E-state index is 12.9. The lowest BCUT2D eigenvalue weighted by Gasteiger charge is -2.08. The van der Waals surface area contributed by atoms with Gasteiger partial charge in [-0.05, 0) is 37.1 Å². The Balaban J connectivity index is 1.66. The molecular weight excluding hydrogens is 372 g/mol. The quantitative estimate of drug-likeness (QED) is 0.484. The second kappa shape index (κ2) is 7.52. The molecule has 142 valence electrons. The number of ether oxygens (including phenoxy) is 1. The first-order chi connectivity index (χ1) is 13.6. The van der Waals surface area contributed by atoms with Crippen LogP contribution in [0, 0.1) is 13.8 Å². The van der Waals surface area contributed by atoms with E-state index in [0.717, 1.165) is 11.4 Å². The van der Waals surface area contributed by atoms with Crippen LogP contribution in [-0.2, 0) is 5.75 Å². The fraction of sp³-hybridized carbons (Fsp3) is 0.190. The molecule has 4 rings (SSSR count). The highest BCUT2D eigenvalue weighted by atomic mass is 32.2. The van der Waals surface area contributed by atoms with Crippen LogP contribution in [0.1, 0.15) is 16.7 Å². The van der Waals surface area contributed by atoms with Gasteiger partial charge in [-0.3, -0.25) is 13.8 Å². The summed E-state index contributed by atoms with van der Waals surface area (Å²) in [6, 6.07) is 13.8. The van der Waals surface area contributed by atoms with Crippen LogP contribution >= 0.6 is 11.8 Å². The Hall–Kier alpha value is -3.06. The summed E-state index contributed by atoms with van der Waals surface area (Å²) in [4.78, 5) is 12.9. The van der Waals surface area contributed by atoms with Gasteiger partial charge in [0.15, 0.2) is 5.16 Å². The van der Waals surface area contributed by atoms with E-state index in [0.29, 0.717) is 16.6 Å². The van der Waals surface area contributed by atoms with E-state index in [-0.39, 0.29) is 5.56 Å². The highest BCUT2D eigenvalue weighted by Gasteiger charge is 2.13. The minimum atomic E-state index is -0.221. The number of hydrogen-bond acceptors (Lipinski definition) is 5. The molecule has 0 aliphatic rings. The summed E-state index contributed by atoms with van der Waals surface area (Å²) in [5.41, 5.74) is 4.53. The number of nitrogens with zero attached hydrogens (tertiary/aromatic N) is 4. The lowest BCUT2D eigenvalue weighted by atomic mass is 10.1. The molecule has 0 saturated heterocycles. The van der Waals surface area contributed by atoms with Gasteiger partial charge in [0.1, 0.15) is 5.75 Å². The van der Waals surface area contributed by atoms with Gasteiger partial charge in [0, 0.05) is 24.2 Å². The fourth-order valence-corrected chi connectivity index (χ4v) is 4.01. The Morgan fingerprint density at radius 1 is 1.07 bits per heavy atom. The Morgan fingerprint density at radius 2 is 1.93 bits per heavy atom. The molecule has 0 radical (unpaired) electrons. The van der Waals surface area contributed by atoms with Crippen molar-refractivity contribution in [1.82, 2.24) is 19.2 Å². The molecule has 0 bridgehead atoms. The molecule has 0 saturated carbocycles. The smallest absolute Gasteiger partial charge is 0.300 e. The van der Waals surface area contributed by atoms with Gasteiger partial charge < -0.3 is 4.74 Å². The van der Waals surface area contributed by atoms with Gasteiger partial charge in [-0.25, -0.2) is 0 Å². The molecule has 0 unspecified atom stereocenters. The highest BCUT2D eigenvalue weighted by molar-refractivity contribution is 7.98. The molecule has 2 aromatic heterocycles. The van der Waals surface area contributed by atoms with Crippen LogP contribution in [0.4, 0.5) is 0 Å². The molecule has 0 spiro atoms. The molecule has 0 fully saturated rings. The maximum Gasteiger partial charge on any atom is 0.300 e. The number of fused-ring (bicyclic) bond motifs is 1. The normalized spacial score (nSPS) is 11.1. The van der Waals surface area contributed by atoms with Crippen LogP contribution in [0.2, 0.25) is 0 Å². The van der Waals surface area contributed by atoms with Crippen molar-refractivity contribution in [2.24, 2.45) is 0 Å². The van der Waals surface area contributed by atoms with Crippen LogP contribution < -0.4 is 10.3 Å². The summed E-state index contributed by atoms with van der Waals surface area (Å²) in [5, 5.41) is 9.06. The van der Waals surface area contributed by atoms with E-state index in [1.807, 2.05) is 30.5 Å². The summed E-state index contributed by atoms with van der Waals surface area (Å²) in [6.45, 7) is 4.19. The molecule has 0 aliphatic carbocycles. The van der Waals surface area contributed by atoms with Crippen molar-refractivity contribution < 1.29 is 4.74 Å². The third kappa shape index (κ3) is 3.41. The first-order valence-electron chi connectivity index (χ1n) is 8.86. The predicted molar refractivity (Wildman–Crippen MR) is 111 cm³/mol. The third-order valence-corrected chi connectivity index (χ3v) is 5.62. The minimum Gasteiger partial charge on any atom is -0.497 e. The highest BCUT2D eigenvalue weighted by Crippen LogP contribution is 2.24. The van der Waals surface area contributed by atoms with Gasteiger partial charge in [-0.15, -0.1) is 10.2 Å². The van der Waals surface area contributed by atoms with Crippen molar-refractivity contribution in [2.75, 3.05) is 7.11 Å². The van der Waals surface area contributed by atoms with Crippen LogP contribution in [-0.4, -0.2) is 26.3 Å². The molecule has 0 amide bonds. The van der Waals surface area contributed by atoms with Gasteiger partial charge in [-0.2, -0.15) is 0 Å². The van der Waals surface area contributed by atoms with Crippen molar-refractivity contribution in [3.63, 3.8) is 0 Å². The molecule has 2 heterocycles. The lowest BCUT2D eigenvalue weighted by molar-refractivity contribution is 0.414. The minimum absolute atomic E-state index is 0.221. The standard InChI is InChI=1S/C21H20N4O2S/c1-14-7-8-15(2)16(11-14)13-28-21-23-22-19-20(26)24(9-10-25(19)21)17-5-4-6-18(12-17)27-3/h4-12H,13H2,1-3H3. The lowest BCUT2D eigenvalue weighted by Crippen LogP contribution is -2.20. The Bertz CT molecular complexity index is 1210. The molecule has 28 heavy (non-hydrogen) atoms. The van der Waals surface area contributed by atoms with Gasteiger partial charge in [-0.1, -0.05) is 41.6 Å². The maximum atomic E-state index is 12.9. The Kier molecular flexibility index (Phi) is 4.92. The number of benzene rings is 2. The summed E-state index contributed by atoms with van der Waals surface area (Å²) >= 11 is 1.57. The summed E-state index contributed by atoms with van der Waals surface area (Å²) in [5.74, 6) is 1.46. The topological polar surface area (TPSA) is 61.4 Å². The monoisotopic (exact) mass is 392 g/mol. The van der Waals surface area contributed by atoms with E-state index in [4.69, 9.17) is 4.74 Å². The number of aromatic nitrogens is 4. The van der Waals surface area contributed by atoms with Crippen LogP contribution in [0.3, 0.4) is 0 Å². The molecule has 0 N–H and O–H groups in total. The third-order valence-electron chi connectivity index (χ3n) is 4.63. The second-order valence-corrected chi connectivity index (χ2v) is 7.51. The number of aryl methyl sites for hydroxylation is 2. The average Bonchev–Trinajstić information content (AvgIpc) is 3.13. The summed E-state index contributed by atoms with van der Waals surface area (Å²) in [6.07, 6.45) is 3.55. The zero-order valence-electron chi connectivity index (χ0n) is 15.9. The van der Waals surface area contributed by atoms with E-state index < -0.39 is 0 Å². The summed E-state index contributed by atoms with van der Waals surface area (Å²) in [7, 11) is 1.60. The molecule has 6 nitrogen and oxygen atoms in total. The second-order valence-electron chi connectivity index (χ2n) is 6.57. The van der Waals surface area contributed by atoms with E-state index in [1.165, 1.54) is 16.7 Å². The average molecular weight is 392 g/mol. The Labute approximate surface area is 166 Å². The molecule has 0 aliphatic heterocycles. The van der Waals surface area contributed by atoms with E-state index in [1.54, 1.807) is 34.0 Å². The number of rotatable bonds is 5. The van der Waals surface area contributed by atoms with E-state index in [2.05, 4.69) is 42.2 Å². The first kappa shape index (κ1) is 18.3. The molecular formula is C21H20N4O2S. The van der Waals surface area contributed by atoms with Crippen molar-refractivity contribution >= 4 is 17.4 Å². The van der Waals surface area contributed by atoms with Crippen molar-refractivity contribution in [1.29, 1.82) is 0 Å². The molecule has 7 heteroatoms. The van der Waals surface area contributed by atoms with Crippen LogP contribution in [0.15, 0.2) is 64.8 Å². The van der Waals surface area contributed by atoms with Crippen molar-refractivity contribution in [3.8, 4) is 11.4 Å². The predicted octanol–water partition coefficient (Wildman–Crippen LogP) is 3.80. The molecule has 0 atom stereocenters. The van der Waals surface area contributed by atoms with Gasteiger partial charge in [0.05, 0.1) is 12.8 Å². The van der Waals surface area contributed by atoms with Gasteiger partial charge >= 0.3 is 5.56 Å². The fourth-order valence-electron chi connectivity index (χ4n) is 3.03. The number of methoxy groups -OCH3 is 1. The molecule has 2 aromatic carbocycles. The summed E-state index contributed by atoms with van der Waals surface area (Å²) < 4.78 is 8.54. The van der Waals surface area contributed by atoms with Crippen LogP contribution in [0.25, 0.3) is 11.3 Å².